The van der Waals surface area contributed by atoms with Gasteiger partial charge >= 0.3 is 0 Å². The molecular formula is C21H30N4O2. The van der Waals surface area contributed by atoms with E-state index in [1.54, 1.807) is 6.20 Å². The Morgan fingerprint density at radius 1 is 1.15 bits per heavy atom. The first kappa shape index (κ1) is 18.4. The number of pyridine rings is 1. The van der Waals surface area contributed by atoms with Crippen LogP contribution in [0.2, 0.25) is 0 Å². The van der Waals surface area contributed by atoms with Crippen LogP contribution >= 0.6 is 0 Å². The summed E-state index contributed by atoms with van der Waals surface area (Å²) in [5, 5.41) is 6.54. The van der Waals surface area contributed by atoms with Crippen molar-refractivity contribution in [2.45, 2.75) is 64.0 Å². The molecule has 2 bridgehead atoms. The standard InChI is InChI=1S/C21H30N4O2/c1-14-2-5-19(22-13-14)24-21(27)16-6-8-25(9-7-16)20(26)12-15-10-17-3-4-18(11-15)23-17/h2,5,13,15-18,23H,3-4,6-12H2,1H3,(H,22,24,27). The van der Waals surface area contributed by atoms with Gasteiger partial charge < -0.3 is 15.5 Å². The number of hydrogen-bond acceptors (Lipinski definition) is 4. The Morgan fingerprint density at radius 2 is 1.85 bits per heavy atom. The van der Waals surface area contributed by atoms with E-state index in [1.807, 2.05) is 24.0 Å². The Labute approximate surface area is 161 Å². The molecule has 4 rings (SSSR count). The van der Waals surface area contributed by atoms with Crippen LogP contribution in [0.4, 0.5) is 5.82 Å². The molecular weight excluding hydrogens is 340 g/mol. The number of nitrogens with zero attached hydrogens (tertiary/aromatic N) is 2. The Morgan fingerprint density at radius 3 is 2.48 bits per heavy atom. The highest BCUT2D eigenvalue weighted by atomic mass is 16.2. The Kier molecular flexibility index (Phi) is 5.43. The number of carbonyl (C=O) groups is 2. The highest BCUT2D eigenvalue weighted by molar-refractivity contribution is 5.91. The van der Waals surface area contributed by atoms with Gasteiger partial charge in [0.25, 0.3) is 0 Å². The number of nitrogens with one attached hydrogen (secondary N) is 2. The highest BCUT2D eigenvalue weighted by Gasteiger charge is 2.35. The molecule has 1 aromatic heterocycles. The monoisotopic (exact) mass is 370 g/mol. The third-order valence-electron chi connectivity index (χ3n) is 6.42. The molecule has 3 aliphatic rings. The Balaban J connectivity index is 1.23. The van der Waals surface area contributed by atoms with Crippen molar-refractivity contribution in [3.63, 3.8) is 0 Å². The predicted octanol–water partition coefficient (Wildman–Crippen LogP) is 2.49. The third-order valence-corrected chi connectivity index (χ3v) is 6.42. The zero-order valence-corrected chi connectivity index (χ0v) is 16.1. The fraction of sp³-hybridized carbons (Fsp3) is 0.667. The minimum Gasteiger partial charge on any atom is -0.343 e. The first-order valence-corrected chi connectivity index (χ1v) is 10.3. The third kappa shape index (κ3) is 4.49. The molecule has 0 radical (unpaired) electrons. The number of carbonyl (C=O) groups excluding carboxylic acids is 2. The second-order valence-corrected chi connectivity index (χ2v) is 8.54. The molecule has 27 heavy (non-hydrogen) atoms. The van der Waals surface area contributed by atoms with E-state index in [4.69, 9.17) is 0 Å². The molecule has 2 amide bonds. The van der Waals surface area contributed by atoms with E-state index in [0.717, 1.165) is 31.2 Å². The van der Waals surface area contributed by atoms with Gasteiger partial charge in [0.2, 0.25) is 11.8 Å². The molecule has 3 fully saturated rings. The number of aryl methyl sites for hydroxylation is 1. The number of aromatic nitrogens is 1. The molecule has 2 unspecified atom stereocenters. The highest BCUT2D eigenvalue weighted by Crippen LogP contribution is 2.33. The lowest BCUT2D eigenvalue weighted by molar-refractivity contribution is -0.135. The van der Waals surface area contributed by atoms with E-state index < -0.39 is 0 Å². The van der Waals surface area contributed by atoms with Crippen LogP contribution in [0.3, 0.4) is 0 Å². The normalized spacial score (nSPS) is 28.2. The van der Waals surface area contributed by atoms with Gasteiger partial charge in [-0.15, -0.1) is 0 Å². The number of piperidine rings is 2. The largest absolute Gasteiger partial charge is 0.343 e. The fourth-order valence-corrected chi connectivity index (χ4v) is 4.88. The molecule has 4 heterocycles. The van der Waals surface area contributed by atoms with Gasteiger partial charge in [-0.25, -0.2) is 4.98 Å². The molecule has 2 N–H and O–H groups in total. The number of anilines is 1. The van der Waals surface area contributed by atoms with Gasteiger partial charge in [0, 0.05) is 43.7 Å². The molecule has 1 aromatic rings. The lowest BCUT2D eigenvalue weighted by Crippen LogP contribution is -2.44. The molecule has 3 aliphatic heterocycles. The summed E-state index contributed by atoms with van der Waals surface area (Å²) < 4.78 is 0. The van der Waals surface area contributed by atoms with E-state index in [-0.39, 0.29) is 17.7 Å². The van der Waals surface area contributed by atoms with Crippen LogP contribution in [0.1, 0.15) is 50.5 Å². The van der Waals surface area contributed by atoms with Gasteiger partial charge in [0.05, 0.1) is 0 Å². The average Bonchev–Trinajstić information content (AvgIpc) is 3.02. The van der Waals surface area contributed by atoms with Crippen LogP contribution in [0.25, 0.3) is 0 Å². The van der Waals surface area contributed by atoms with Gasteiger partial charge in [0.15, 0.2) is 0 Å². The van der Waals surface area contributed by atoms with Crippen LogP contribution < -0.4 is 10.6 Å². The summed E-state index contributed by atoms with van der Waals surface area (Å²) in [6, 6.07) is 5.03. The van der Waals surface area contributed by atoms with Crippen molar-refractivity contribution in [1.29, 1.82) is 0 Å². The first-order valence-electron chi connectivity index (χ1n) is 10.3. The summed E-state index contributed by atoms with van der Waals surface area (Å²) in [5.41, 5.74) is 1.07. The number of hydrogen-bond donors (Lipinski definition) is 2. The smallest absolute Gasteiger partial charge is 0.228 e. The van der Waals surface area contributed by atoms with Crippen LogP contribution in [0, 0.1) is 18.8 Å². The van der Waals surface area contributed by atoms with Crippen molar-refractivity contribution < 1.29 is 9.59 Å². The number of fused-ring (bicyclic) bond motifs is 2. The predicted molar refractivity (Wildman–Crippen MR) is 104 cm³/mol. The second kappa shape index (κ2) is 7.97. The molecule has 6 nitrogen and oxygen atoms in total. The van der Waals surface area contributed by atoms with E-state index >= 15 is 0 Å². The molecule has 0 aromatic carbocycles. The molecule has 0 saturated carbocycles. The minimum absolute atomic E-state index is 0.0217. The SMILES string of the molecule is Cc1ccc(NC(=O)C2CCN(C(=O)CC3CC4CCC(C3)N4)CC2)nc1. The molecule has 6 heteroatoms. The zero-order valence-electron chi connectivity index (χ0n) is 16.1. The summed E-state index contributed by atoms with van der Waals surface area (Å²) in [5.74, 6) is 1.40. The molecule has 2 atom stereocenters. The van der Waals surface area contributed by atoms with E-state index in [1.165, 1.54) is 12.8 Å². The lowest BCUT2D eigenvalue weighted by atomic mass is 9.88. The number of likely N-dealkylation sites (tertiary alicyclic amines) is 1. The Bertz CT molecular complexity index is 670. The van der Waals surface area contributed by atoms with E-state index in [0.29, 0.717) is 43.3 Å². The van der Waals surface area contributed by atoms with Gasteiger partial charge in [-0.3, -0.25) is 9.59 Å². The van der Waals surface area contributed by atoms with Crippen molar-refractivity contribution in [1.82, 2.24) is 15.2 Å². The van der Waals surface area contributed by atoms with Crippen molar-refractivity contribution >= 4 is 17.6 Å². The van der Waals surface area contributed by atoms with Gasteiger partial charge in [-0.2, -0.15) is 0 Å². The fourth-order valence-electron chi connectivity index (χ4n) is 4.88. The van der Waals surface area contributed by atoms with Crippen LogP contribution in [-0.2, 0) is 9.59 Å². The van der Waals surface area contributed by atoms with Gasteiger partial charge in [-0.1, -0.05) is 6.07 Å². The van der Waals surface area contributed by atoms with Crippen molar-refractivity contribution in [2.75, 3.05) is 18.4 Å². The van der Waals surface area contributed by atoms with Crippen LogP contribution in [0.5, 0.6) is 0 Å². The lowest BCUT2D eigenvalue weighted by Gasteiger charge is -2.34. The number of amides is 2. The summed E-state index contributed by atoms with van der Waals surface area (Å²) in [4.78, 5) is 31.4. The first-order chi connectivity index (χ1) is 13.1. The Hall–Kier alpha value is -1.95. The zero-order chi connectivity index (χ0) is 18.8. The van der Waals surface area contributed by atoms with Crippen molar-refractivity contribution in [2.24, 2.45) is 11.8 Å². The van der Waals surface area contributed by atoms with Gasteiger partial charge in [0.1, 0.15) is 5.82 Å². The van der Waals surface area contributed by atoms with Crippen molar-refractivity contribution in [3.8, 4) is 0 Å². The quantitative estimate of drug-likeness (QED) is 0.854. The van der Waals surface area contributed by atoms with E-state index in [2.05, 4.69) is 15.6 Å². The number of rotatable bonds is 4. The second-order valence-electron chi connectivity index (χ2n) is 8.54. The summed E-state index contributed by atoms with van der Waals surface area (Å²) in [6.07, 6.45) is 8.73. The van der Waals surface area contributed by atoms with Crippen molar-refractivity contribution in [3.05, 3.63) is 23.9 Å². The summed E-state index contributed by atoms with van der Waals surface area (Å²) in [7, 11) is 0. The maximum atomic E-state index is 12.7. The topological polar surface area (TPSA) is 74.3 Å². The molecule has 0 spiro atoms. The summed E-state index contributed by atoms with van der Waals surface area (Å²) >= 11 is 0. The van der Waals surface area contributed by atoms with E-state index in [9.17, 15) is 9.59 Å². The summed E-state index contributed by atoms with van der Waals surface area (Å²) in [6.45, 7) is 3.35. The molecule has 3 saturated heterocycles. The molecule has 0 aliphatic carbocycles. The van der Waals surface area contributed by atoms with Crippen LogP contribution in [-0.4, -0.2) is 46.9 Å². The molecule has 146 valence electrons. The van der Waals surface area contributed by atoms with Gasteiger partial charge in [-0.05, 0) is 63.0 Å². The maximum Gasteiger partial charge on any atom is 0.228 e. The average molecular weight is 370 g/mol. The van der Waals surface area contributed by atoms with Crippen LogP contribution in [0.15, 0.2) is 18.3 Å². The minimum atomic E-state index is -0.0353. The maximum absolute atomic E-state index is 12.7.